The lowest BCUT2D eigenvalue weighted by Gasteiger charge is -2.28. The fraction of sp³-hybridized carbons (Fsp3) is 0.893. The molecule has 0 fully saturated rings. The summed E-state index contributed by atoms with van der Waals surface area (Å²) in [5, 5.41) is 0. The molecule has 0 bridgehead atoms. The zero-order valence-corrected chi connectivity index (χ0v) is 45.1. The molecule has 390 valence electrons. The van der Waals surface area contributed by atoms with Crippen LogP contribution in [0.25, 0.3) is 0 Å². The van der Waals surface area contributed by atoms with Crippen LogP contribution >= 0.6 is 7.82 Å². The van der Waals surface area contributed by atoms with Crippen molar-refractivity contribution in [1.29, 1.82) is 0 Å². The van der Waals surface area contributed by atoms with E-state index in [1.54, 1.807) is 0 Å². The summed E-state index contributed by atoms with van der Waals surface area (Å²) in [4.78, 5) is 37.8. The lowest BCUT2D eigenvalue weighted by atomic mass is 10.0. The predicted molar refractivity (Wildman–Crippen MR) is 278 cm³/mol. The molecule has 9 nitrogen and oxygen atoms in total. The van der Waals surface area contributed by atoms with E-state index < -0.39 is 26.5 Å². The lowest BCUT2D eigenvalue weighted by molar-refractivity contribution is -0.870. The second-order valence-corrected chi connectivity index (χ2v) is 21.7. The van der Waals surface area contributed by atoms with Crippen molar-refractivity contribution in [3.05, 3.63) is 24.3 Å². The van der Waals surface area contributed by atoms with E-state index in [0.717, 1.165) is 51.4 Å². The van der Waals surface area contributed by atoms with Crippen molar-refractivity contribution >= 4 is 19.8 Å². The van der Waals surface area contributed by atoms with Gasteiger partial charge < -0.3 is 27.9 Å². The topological polar surface area (TPSA) is 111 Å². The van der Waals surface area contributed by atoms with E-state index in [1.165, 1.54) is 186 Å². The number of hydrogen-bond donors (Lipinski definition) is 0. The normalized spacial score (nSPS) is 13.5. The van der Waals surface area contributed by atoms with E-state index in [4.69, 9.17) is 18.5 Å². The molecule has 10 heteroatoms. The van der Waals surface area contributed by atoms with Gasteiger partial charge >= 0.3 is 11.9 Å². The van der Waals surface area contributed by atoms with Crippen molar-refractivity contribution in [3.8, 4) is 0 Å². The molecule has 0 amide bonds. The summed E-state index contributed by atoms with van der Waals surface area (Å²) < 4.78 is 34.1. The molecule has 0 aromatic rings. The number of unbranched alkanes of at least 4 members (excludes halogenated alkanes) is 34. The number of likely N-dealkylation sites (N-methyl/N-ethyl adjacent to an activating group) is 1. The van der Waals surface area contributed by atoms with Gasteiger partial charge in [0.15, 0.2) is 6.10 Å². The highest BCUT2D eigenvalue weighted by atomic mass is 31.2. The van der Waals surface area contributed by atoms with Gasteiger partial charge in [0.2, 0.25) is 0 Å². The SMILES string of the molecule is CCCCCCCC/C=C\CCCCCCCCCC(=O)OCC(COP(=O)([O-])OCC[N+](C)(C)C)OC(=O)CCCCCCCCCCCCCCC/C=C\CCCCCCCCCC. The van der Waals surface area contributed by atoms with Crippen LogP contribution < -0.4 is 4.89 Å². The fourth-order valence-corrected chi connectivity index (χ4v) is 8.79. The van der Waals surface area contributed by atoms with E-state index in [1.807, 2.05) is 21.1 Å². The van der Waals surface area contributed by atoms with Crippen LogP contribution in [0, 0.1) is 0 Å². The van der Waals surface area contributed by atoms with Crippen molar-refractivity contribution in [2.45, 2.75) is 277 Å². The van der Waals surface area contributed by atoms with Crippen molar-refractivity contribution in [3.63, 3.8) is 0 Å². The van der Waals surface area contributed by atoms with Gasteiger partial charge in [-0.3, -0.25) is 14.2 Å². The van der Waals surface area contributed by atoms with Crippen molar-refractivity contribution in [2.75, 3.05) is 47.5 Å². The highest BCUT2D eigenvalue weighted by Gasteiger charge is 2.22. The zero-order chi connectivity index (χ0) is 48.5. The van der Waals surface area contributed by atoms with Gasteiger partial charge in [-0.1, -0.05) is 218 Å². The number of carbonyl (C=O) groups is 2. The maximum Gasteiger partial charge on any atom is 0.306 e. The summed E-state index contributed by atoms with van der Waals surface area (Å²) >= 11 is 0. The van der Waals surface area contributed by atoms with Gasteiger partial charge in [-0.05, 0) is 64.2 Å². The highest BCUT2D eigenvalue weighted by Crippen LogP contribution is 2.38. The van der Waals surface area contributed by atoms with Gasteiger partial charge in [-0.2, -0.15) is 0 Å². The smallest absolute Gasteiger partial charge is 0.306 e. The third kappa shape index (κ3) is 51.9. The molecule has 0 rings (SSSR count). The monoisotopic (exact) mass is 954 g/mol. The molecule has 0 aliphatic rings. The molecule has 0 spiro atoms. The standard InChI is InChI=1S/C56H108NO8P/c1-6-8-10-12-14-16-18-20-22-24-25-26-27-28-29-30-31-33-35-37-39-41-43-45-47-49-56(59)65-54(53-64-66(60,61)63-51-50-57(3,4)5)52-62-55(58)48-46-44-42-40-38-36-34-32-23-21-19-17-15-13-11-9-7-2/h21,23-25,54H,6-20,22,26-53H2,1-5H3/b23-21-,25-24-. The molecule has 0 aliphatic carbocycles. The first kappa shape index (κ1) is 64.5. The Hall–Kier alpha value is -1.51. The number of ether oxygens (including phenoxy) is 2. The molecule has 2 atom stereocenters. The number of phosphoric acid groups is 1. The molecule has 0 aromatic heterocycles. The Kier molecular flexibility index (Phi) is 47.4. The molecular formula is C56H108NO8P. The second kappa shape index (κ2) is 48.5. The number of phosphoric ester groups is 1. The Labute approximate surface area is 409 Å². The highest BCUT2D eigenvalue weighted by molar-refractivity contribution is 7.45. The molecule has 0 heterocycles. The molecular weight excluding hydrogens is 846 g/mol. The molecule has 0 N–H and O–H groups in total. The van der Waals surface area contributed by atoms with Crippen LogP contribution in [0.1, 0.15) is 271 Å². The fourth-order valence-electron chi connectivity index (χ4n) is 8.06. The zero-order valence-electron chi connectivity index (χ0n) is 44.2. The summed E-state index contributed by atoms with van der Waals surface area (Å²) in [5.74, 6) is -0.826. The van der Waals surface area contributed by atoms with Gasteiger partial charge in [0.05, 0.1) is 27.7 Å². The lowest BCUT2D eigenvalue weighted by Crippen LogP contribution is -2.37. The van der Waals surface area contributed by atoms with Crippen LogP contribution in [0.5, 0.6) is 0 Å². The van der Waals surface area contributed by atoms with E-state index in [2.05, 4.69) is 38.2 Å². The minimum atomic E-state index is -4.63. The first-order chi connectivity index (χ1) is 32.0. The molecule has 2 unspecified atom stereocenters. The molecule has 0 saturated carbocycles. The maximum atomic E-state index is 12.8. The first-order valence-corrected chi connectivity index (χ1v) is 29.5. The molecule has 0 aromatic carbocycles. The Balaban J connectivity index is 4.15. The van der Waals surface area contributed by atoms with Gasteiger partial charge in [0, 0.05) is 12.8 Å². The summed E-state index contributed by atoms with van der Waals surface area (Å²) in [5.41, 5.74) is 0. The van der Waals surface area contributed by atoms with E-state index in [-0.39, 0.29) is 32.0 Å². The number of hydrogen-bond acceptors (Lipinski definition) is 8. The van der Waals surface area contributed by atoms with Crippen molar-refractivity contribution in [1.82, 2.24) is 0 Å². The number of carbonyl (C=O) groups excluding carboxylic acids is 2. The van der Waals surface area contributed by atoms with Crippen LogP contribution in [0.3, 0.4) is 0 Å². The number of allylic oxidation sites excluding steroid dienone is 4. The largest absolute Gasteiger partial charge is 0.756 e. The summed E-state index contributed by atoms with van der Waals surface area (Å²) in [7, 11) is 1.17. The third-order valence-electron chi connectivity index (χ3n) is 12.4. The number of nitrogens with zero attached hydrogens (tertiary/aromatic N) is 1. The Morgan fingerprint density at radius 1 is 0.455 bits per heavy atom. The second-order valence-electron chi connectivity index (χ2n) is 20.3. The van der Waals surface area contributed by atoms with Crippen LogP contribution in [0.2, 0.25) is 0 Å². The maximum absolute atomic E-state index is 12.8. The van der Waals surface area contributed by atoms with Crippen LogP contribution in [-0.4, -0.2) is 70.0 Å². The minimum absolute atomic E-state index is 0.0294. The molecule has 0 radical (unpaired) electrons. The summed E-state index contributed by atoms with van der Waals surface area (Å²) in [6.07, 6.45) is 56.4. The van der Waals surface area contributed by atoms with E-state index in [0.29, 0.717) is 17.4 Å². The third-order valence-corrected chi connectivity index (χ3v) is 13.4. The quantitative estimate of drug-likeness (QED) is 0.0195. The Morgan fingerprint density at radius 2 is 0.773 bits per heavy atom. The number of rotatable bonds is 52. The predicted octanol–water partition coefficient (Wildman–Crippen LogP) is 16.4. The Morgan fingerprint density at radius 3 is 1.12 bits per heavy atom. The number of quaternary nitrogens is 1. The first-order valence-electron chi connectivity index (χ1n) is 28.0. The molecule has 0 saturated heterocycles. The van der Waals surface area contributed by atoms with Gasteiger partial charge in [0.1, 0.15) is 19.8 Å². The summed E-state index contributed by atoms with van der Waals surface area (Å²) in [6.45, 7) is 4.27. The van der Waals surface area contributed by atoms with Gasteiger partial charge in [-0.25, -0.2) is 0 Å². The molecule has 0 aliphatic heterocycles. The van der Waals surface area contributed by atoms with E-state index in [9.17, 15) is 19.0 Å². The van der Waals surface area contributed by atoms with Crippen LogP contribution in [-0.2, 0) is 32.7 Å². The van der Waals surface area contributed by atoms with Crippen LogP contribution in [0.4, 0.5) is 0 Å². The average Bonchev–Trinajstić information content (AvgIpc) is 3.27. The van der Waals surface area contributed by atoms with E-state index >= 15 is 0 Å². The van der Waals surface area contributed by atoms with Gasteiger partial charge in [-0.15, -0.1) is 0 Å². The number of esters is 2. The van der Waals surface area contributed by atoms with Gasteiger partial charge in [0.25, 0.3) is 7.82 Å². The average molecular weight is 954 g/mol. The van der Waals surface area contributed by atoms with Crippen LogP contribution in [0.15, 0.2) is 24.3 Å². The summed E-state index contributed by atoms with van der Waals surface area (Å²) in [6, 6.07) is 0. The van der Waals surface area contributed by atoms with Crippen molar-refractivity contribution in [2.24, 2.45) is 0 Å². The molecule has 66 heavy (non-hydrogen) atoms. The Bertz CT molecular complexity index is 1170. The minimum Gasteiger partial charge on any atom is -0.756 e. The van der Waals surface area contributed by atoms with Crippen molar-refractivity contribution < 1.29 is 42.1 Å².